The second kappa shape index (κ2) is 7.65. The van der Waals surface area contributed by atoms with Gasteiger partial charge in [0.2, 0.25) is 0 Å². The summed E-state index contributed by atoms with van der Waals surface area (Å²) < 4.78 is 21.5. The van der Waals surface area contributed by atoms with E-state index >= 15 is 0 Å². The van der Waals surface area contributed by atoms with Gasteiger partial charge in [-0.3, -0.25) is 4.98 Å². The molecule has 0 radical (unpaired) electrons. The van der Waals surface area contributed by atoms with Gasteiger partial charge in [-0.05, 0) is 24.3 Å². The number of methoxy groups -OCH3 is 2. The SMILES string of the molecule is COCOc1ccc(OCOC)c2cc(-c3c[nH]c4ccccc34)ncc12. The zero-order valence-electron chi connectivity index (χ0n) is 15.2. The zero-order valence-corrected chi connectivity index (χ0v) is 15.2. The molecule has 0 aliphatic heterocycles. The largest absolute Gasteiger partial charge is 0.467 e. The van der Waals surface area contributed by atoms with Crippen LogP contribution in [-0.2, 0) is 9.47 Å². The van der Waals surface area contributed by atoms with E-state index in [4.69, 9.17) is 18.9 Å². The Kier molecular flexibility index (Phi) is 4.91. The number of benzene rings is 2. The zero-order chi connectivity index (χ0) is 18.6. The predicted molar refractivity (Wildman–Crippen MR) is 104 cm³/mol. The number of pyridine rings is 1. The van der Waals surface area contributed by atoms with Gasteiger partial charge < -0.3 is 23.9 Å². The number of para-hydroxylation sites is 1. The van der Waals surface area contributed by atoms with Crippen LogP contribution in [0.3, 0.4) is 0 Å². The fraction of sp³-hybridized carbons (Fsp3) is 0.190. The molecular formula is C21H20N2O4. The molecule has 0 fully saturated rings. The molecule has 0 saturated carbocycles. The molecule has 2 heterocycles. The van der Waals surface area contributed by atoms with E-state index in [1.54, 1.807) is 20.4 Å². The molecule has 0 amide bonds. The summed E-state index contributed by atoms with van der Waals surface area (Å²) in [5.41, 5.74) is 2.96. The van der Waals surface area contributed by atoms with Crippen LogP contribution in [0.4, 0.5) is 0 Å². The molecule has 6 heteroatoms. The summed E-state index contributed by atoms with van der Waals surface area (Å²) >= 11 is 0. The van der Waals surface area contributed by atoms with E-state index in [-0.39, 0.29) is 13.6 Å². The van der Waals surface area contributed by atoms with Gasteiger partial charge in [-0.1, -0.05) is 18.2 Å². The summed E-state index contributed by atoms with van der Waals surface area (Å²) in [6.45, 7) is 0.329. The molecular weight excluding hydrogens is 344 g/mol. The standard InChI is InChI=1S/C21H20N2O4/c1-24-12-26-20-7-8-21(27-13-25-2)17-11-23-19(9-15(17)20)16-10-22-18-6-4-3-5-14(16)18/h3-11,22H,12-13H2,1-2H3. The molecule has 0 spiro atoms. The molecule has 6 nitrogen and oxygen atoms in total. The Morgan fingerprint density at radius 1 is 0.852 bits per heavy atom. The fourth-order valence-electron chi connectivity index (χ4n) is 3.11. The molecule has 27 heavy (non-hydrogen) atoms. The summed E-state index contributed by atoms with van der Waals surface area (Å²) in [4.78, 5) is 7.95. The number of rotatable bonds is 7. The molecule has 0 unspecified atom stereocenters. The van der Waals surface area contributed by atoms with E-state index in [0.29, 0.717) is 11.5 Å². The highest BCUT2D eigenvalue weighted by Gasteiger charge is 2.13. The van der Waals surface area contributed by atoms with Crippen LogP contribution in [0.5, 0.6) is 11.5 Å². The highest BCUT2D eigenvalue weighted by Crippen LogP contribution is 2.36. The summed E-state index contributed by atoms with van der Waals surface area (Å²) in [6.07, 6.45) is 3.77. The van der Waals surface area contributed by atoms with Gasteiger partial charge in [0, 0.05) is 53.9 Å². The maximum absolute atomic E-state index is 5.74. The quantitative estimate of drug-likeness (QED) is 0.494. The molecule has 0 saturated heterocycles. The Morgan fingerprint density at radius 2 is 1.56 bits per heavy atom. The number of hydrogen-bond acceptors (Lipinski definition) is 5. The Bertz CT molecular complexity index is 1070. The first kappa shape index (κ1) is 17.3. The van der Waals surface area contributed by atoms with Crippen molar-refractivity contribution in [3.8, 4) is 22.8 Å². The van der Waals surface area contributed by atoms with E-state index in [1.165, 1.54) is 0 Å². The lowest BCUT2D eigenvalue weighted by Crippen LogP contribution is -2.02. The molecule has 0 bridgehead atoms. The van der Waals surface area contributed by atoms with Crippen LogP contribution < -0.4 is 9.47 Å². The minimum atomic E-state index is 0.164. The lowest BCUT2D eigenvalue weighted by molar-refractivity contribution is 0.0500. The van der Waals surface area contributed by atoms with Gasteiger partial charge in [-0.15, -0.1) is 0 Å². The number of aromatic nitrogens is 2. The molecule has 2 aromatic carbocycles. The number of nitrogens with one attached hydrogen (secondary N) is 1. The van der Waals surface area contributed by atoms with Crippen molar-refractivity contribution in [2.75, 3.05) is 27.8 Å². The summed E-state index contributed by atoms with van der Waals surface area (Å²) in [5, 5.41) is 2.87. The number of fused-ring (bicyclic) bond motifs is 2. The van der Waals surface area contributed by atoms with Crippen molar-refractivity contribution in [2.45, 2.75) is 0 Å². The van der Waals surface area contributed by atoms with Gasteiger partial charge >= 0.3 is 0 Å². The van der Waals surface area contributed by atoms with Crippen LogP contribution in [-0.4, -0.2) is 37.8 Å². The Morgan fingerprint density at radius 3 is 2.30 bits per heavy atom. The highest BCUT2D eigenvalue weighted by molar-refractivity contribution is 5.99. The number of H-pyrrole nitrogens is 1. The lowest BCUT2D eigenvalue weighted by Gasteiger charge is -2.13. The third kappa shape index (κ3) is 3.32. The van der Waals surface area contributed by atoms with Crippen molar-refractivity contribution >= 4 is 21.7 Å². The van der Waals surface area contributed by atoms with Crippen LogP contribution in [0.15, 0.2) is 54.9 Å². The smallest absolute Gasteiger partial charge is 0.188 e. The third-order valence-electron chi connectivity index (χ3n) is 4.35. The molecule has 138 valence electrons. The Balaban J connectivity index is 1.86. The van der Waals surface area contributed by atoms with Gasteiger partial charge in [0.1, 0.15) is 11.5 Å². The Hall–Kier alpha value is -3.09. The van der Waals surface area contributed by atoms with Gasteiger partial charge in [-0.25, -0.2) is 0 Å². The van der Waals surface area contributed by atoms with Crippen molar-refractivity contribution < 1.29 is 18.9 Å². The number of aromatic amines is 1. The number of nitrogens with zero attached hydrogens (tertiary/aromatic N) is 1. The topological polar surface area (TPSA) is 65.6 Å². The van der Waals surface area contributed by atoms with Gasteiger partial charge in [0.25, 0.3) is 0 Å². The van der Waals surface area contributed by atoms with Crippen LogP contribution in [0.2, 0.25) is 0 Å². The average Bonchev–Trinajstić information content (AvgIpc) is 3.15. The maximum atomic E-state index is 5.74. The highest BCUT2D eigenvalue weighted by atomic mass is 16.7. The van der Waals surface area contributed by atoms with E-state index in [9.17, 15) is 0 Å². The van der Waals surface area contributed by atoms with E-state index in [1.807, 2.05) is 42.6 Å². The molecule has 0 atom stereocenters. The first-order chi connectivity index (χ1) is 13.3. The summed E-state index contributed by atoms with van der Waals surface area (Å²) in [6, 6.07) is 13.9. The molecule has 0 aliphatic rings. The Labute approximate surface area is 156 Å². The molecule has 2 aromatic heterocycles. The number of ether oxygens (including phenoxy) is 4. The van der Waals surface area contributed by atoms with Gasteiger partial charge in [-0.2, -0.15) is 0 Å². The van der Waals surface area contributed by atoms with Gasteiger partial charge in [0.15, 0.2) is 13.6 Å². The minimum absolute atomic E-state index is 0.164. The van der Waals surface area contributed by atoms with E-state index < -0.39 is 0 Å². The fourth-order valence-corrected chi connectivity index (χ4v) is 3.11. The lowest BCUT2D eigenvalue weighted by atomic mass is 10.1. The predicted octanol–water partition coefficient (Wildman–Crippen LogP) is 4.35. The summed E-state index contributed by atoms with van der Waals surface area (Å²) in [5.74, 6) is 1.40. The van der Waals surface area contributed by atoms with Gasteiger partial charge in [0.05, 0.1) is 5.69 Å². The third-order valence-corrected chi connectivity index (χ3v) is 4.35. The van der Waals surface area contributed by atoms with Crippen LogP contribution >= 0.6 is 0 Å². The molecule has 4 aromatic rings. The molecule has 0 aliphatic carbocycles. The first-order valence-electron chi connectivity index (χ1n) is 8.54. The van der Waals surface area contributed by atoms with Crippen molar-refractivity contribution in [1.29, 1.82) is 0 Å². The monoisotopic (exact) mass is 364 g/mol. The summed E-state index contributed by atoms with van der Waals surface area (Å²) in [7, 11) is 3.18. The van der Waals surface area contributed by atoms with E-state index in [0.717, 1.165) is 32.9 Å². The minimum Gasteiger partial charge on any atom is -0.467 e. The average molecular weight is 364 g/mol. The second-order valence-electron chi connectivity index (χ2n) is 6.03. The van der Waals surface area contributed by atoms with Crippen LogP contribution in [0.1, 0.15) is 0 Å². The molecule has 1 N–H and O–H groups in total. The molecule has 4 rings (SSSR count). The van der Waals surface area contributed by atoms with Crippen LogP contribution in [0, 0.1) is 0 Å². The number of hydrogen-bond donors (Lipinski definition) is 1. The van der Waals surface area contributed by atoms with E-state index in [2.05, 4.69) is 16.0 Å². The maximum Gasteiger partial charge on any atom is 0.188 e. The second-order valence-corrected chi connectivity index (χ2v) is 6.03. The first-order valence-corrected chi connectivity index (χ1v) is 8.54. The van der Waals surface area contributed by atoms with Crippen molar-refractivity contribution in [3.05, 3.63) is 54.9 Å². The van der Waals surface area contributed by atoms with Crippen LogP contribution in [0.25, 0.3) is 32.9 Å². The van der Waals surface area contributed by atoms with Crippen molar-refractivity contribution in [2.24, 2.45) is 0 Å². The van der Waals surface area contributed by atoms with Crippen molar-refractivity contribution in [3.63, 3.8) is 0 Å². The normalized spacial score (nSPS) is 11.2. The van der Waals surface area contributed by atoms with Crippen molar-refractivity contribution in [1.82, 2.24) is 9.97 Å².